The molecule has 0 radical (unpaired) electrons. The Balaban J connectivity index is 2.91. The van der Waals surface area contributed by atoms with Crippen LogP contribution in [0.3, 0.4) is 0 Å². The highest BCUT2D eigenvalue weighted by Crippen LogP contribution is 2.15. The van der Waals surface area contributed by atoms with E-state index in [1.807, 2.05) is 6.92 Å². The Morgan fingerprint density at radius 1 is 1.36 bits per heavy atom. The molecule has 0 fully saturated rings. The van der Waals surface area contributed by atoms with Gasteiger partial charge >= 0.3 is 0 Å². The Morgan fingerprint density at radius 3 is 2.27 bits per heavy atom. The zero-order chi connectivity index (χ0) is 8.27. The van der Waals surface area contributed by atoms with Crippen molar-refractivity contribution in [2.75, 3.05) is 0 Å². The van der Waals surface area contributed by atoms with E-state index in [1.54, 1.807) is 24.3 Å². The van der Waals surface area contributed by atoms with E-state index in [1.165, 1.54) is 0 Å². The highest BCUT2D eigenvalue weighted by atomic mass is 16.3. The third kappa shape index (κ3) is 1.85. The van der Waals surface area contributed by atoms with Crippen molar-refractivity contribution >= 4 is 5.69 Å². The van der Waals surface area contributed by atoms with E-state index in [4.69, 9.17) is 5.73 Å². The summed E-state index contributed by atoms with van der Waals surface area (Å²) in [5.41, 5.74) is 7.05. The van der Waals surface area contributed by atoms with Gasteiger partial charge in [-0.25, -0.2) is 0 Å². The Hall–Kier alpha value is -1.22. The van der Waals surface area contributed by atoms with Gasteiger partial charge in [-0.1, -0.05) is 12.1 Å². The lowest BCUT2D eigenvalue weighted by atomic mass is 10.1. The lowest BCUT2D eigenvalue weighted by molar-refractivity contribution is 0.818. The Bertz CT molecular complexity index is 241. The minimum absolute atomic E-state index is 0.00991. The van der Waals surface area contributed by atoms with Crippen LogP contribution in [0.25, 0.3) is 0 Å². The number of rotatable bonds is 2. The number of hydrogen-bond acceptors (Lipinski definition) is 3. The minimum atomic E-state index is 0.00991. The maximum Gasteiger partial charge on any atom is 0.108 e. The first-order chi connectivity index (χ1) is 5.24. The fourth-order valence-electron chi connectivity index (χ4n) is 0.839. The highest BCUT2D eigenvalue weighted by molar-refractivity contribution is 5.39. The fraction of sp³-hybridized carbons (Fsp3) is 0.250. The summed E-state index contributed by atoms with van der Waals surface area (Å²) in [5.74, 6) is 0. The van der Waals surface area contributed by atoms with Crippen molar-refractivity contribution in [2.45, 2.75) is 13.0 Å². The first kappa shape index (κ1) is 7.88. The molecule has 0 spiro atoms. The Kier molecular flexibility index (Phi) is 2.33. The summed E-state index contributed by atoms with van der Waals surface area (Å²) in [6.45, 7) is 1.89. The van der Waals surface area contributed by atoms with E-state index in [0.717, 1.165) is 5.56 Å². The molecule has 0 amide bonds. The standard InChI is InChI=1S/C8H10N2O/c1-6(9)7-2-4-8(10-11)5-3-7/h2-6H,9H2,1H3. The van der Waals surface area contributed by atoms with E-state index in [9.17, 15) is 4.91 Å². The summed E-state index contributed by atoms with van der Waals surface area (Å²) in [6, 6.07) is 6.94. The second kappa shape index (κ2) is 3.25. The van der Waals surface area contributed by atoms with Crippen LogP contribution < -0.4 is 5.73 Å². The van der Waals surface area contributed by atoms with Crippen LogP contribution >= 0.6 is 0 Å². The van der Waals surface area contributed by atoms with Crippen molar-refractivity contribution in [1.82, 2.24) is 0 Å². The maximum atomic E-state index is 10.0. The summed E-state index contributed by atoms with van der Waals surface area (Å²) in [6.07, 6.45) is 0. The molecule has 0 aliphatic carbocycles. The summed E-state index contributed by atoms with van der Waals surface area (Å²) in [7, 11) is 0. The second-order valence-corrected chi connectivity index (χ2v) is 2.47. The van der Waals surface area contributed by atoms with Gasteiger partial charge in [0.15, 0.2) is 0 Å². The van der Waals surface area contributed by atoms with Crippen LogP contribution in [0.15, 0.2) is 29.4 Å². The molecular formula is C8H10N2O. The molecule has 58 valence electrons. The van der Waals surface area contributed by atoms with E-state index in [2.05, 4.69) is 5.18 Å². The van der Waals surface area contributed by atoms with Gasteiger partial charge in [0, 0.05) is 6.04 Å². The van der Waals surface area contributed by atoms with Crippen LogP contribution in [0.2, 0.25) is 0 Å². The molecule has 1 atom stereocenters. The molecule has 0 saturated heterocycles. The SMILES string of the molecule is CC(N)c1ccc(N=O)cc1. The topological polar surface area (TPSA) is 55.4 Å². The molecule has 1 rings (SSSR count). The summed E-state index contributed by atoms with van der Waals surface area (Å²) in [5, 5.41) is 2.78. The van der Waals surface area contributed by atoms with Crippen molar-refractivity contribution in [1.29, 1.82) is 0 Å². The van der Waals surface area contributed by atoms with E-state index in [0.29, 0.717) is 5.69 Å². The number of nitroso groups, excluding NO2 is 1. The minimum Gasteiger partial charge on any atom is -0.324 e. The molecule has 0 bridgehead atoms. The first-order valence-corrected chi connectivity index (χ1v) is 3.43. The molecule has 1 unspecified atom stereocenters. The van der Waals surface area contributed by atoms with Gasteiger partial charge in [0.05, 0.1) is 0 Å². The molecule has 0 aliphatic heterocycles. The van der Waals surface area contributed by atoms with Crippen LogP contribution in [0, 0.1) is 4.91 Å². The van der Waals surface area contributed by atoms with Crippen LogP contribution in [-0.2, 0) is 0 Å². The lowest BCUT2D eigenvalue weighted by Crippen LogP contribution is -2.03. The van der Waals surface area contributed by atoms with Crippen LogP contribution in [0.4, 0.5) is 5.69 Å². The van der Waals surface area contributed by atoms with E-state index < -0.39 is 0 Å². The molecule has 1 aromatic rings. The molecule has 3 heteroatoms. The first-order valence-electron chi connectivity index (χ1n) is 3.43. The molecule has 0 saturated carbocycles. The van der Waals surface area contributed by atoms with Crippen LogP contribution in [0.5, 0.6) is 0 Å². The summed E-state index contributed by atoms with van der Waals surface area (Å²) in [4.78, 5) is 10.0. The summed E-state index contributed by atoms with van der Waals surface area (Å²) < 4.78 is 0. The molecule has 1 aromatic carbocycles. The van der Waals surface area contributed by atoms with E-state index in [-0.39, 0.29) is 6.04 Å². The van der Waals surface area contributed by atoms with Gasteiger partial charge in [0.25, 0.3) is 0 Å². The van der Waals surface area contributed by atoms with Crippen LogP contribution in [0.1, 0.15) is 18.5 Å². The summed E-state index contributed by atoms with van der Waals surface area (Å²) >= 11 is 0. The number of hydrogen-bond donors (Lipinski definition) is 1. The quantitative estimate of drug-likeness (QED) is 0.656. The number of benzene rings is 1. The molecule has 11 heavy (non-hydrogen) atoms. The average molecular weight is 150 g/mol. The van der Waals surface area contributed by atoms with Crippen molar-refractivity contribution in [3.8, 4) is 0 Å². The molecule has 0 aliphatic rings. The lowest BCUT2D eigenvalue weighted by Gasteiger charge is -2.03. The molecule has 3 nitrogen and oxygen atoms in total. The monoisotopic (exact) mass is 150 g/mol. The molecule has 2 N–H and O–H groups in total. The zero-order valence-electron chi connectivity index (χ0n) is 6.32. The van der Waals surface area contributed by atoms with Crippen LogP contribution in [-0.4, -0.2) is 0 Å². The van der Waals surface area contributed by atoms with Crippen molar-refractivity contribution in [2.24, 2.45) is 10.9 Å². The van der Waals surface area contributed by atoms with Gasteiger partial charge in [-0.2, -0.15) is 0 Å². The van der Waals surface area contributed by atoms with Gasteiger partial charge in [-0.3, -0.25) is 0 Å². The van der Waals surface area contributed by atoms with Gasteiger partial charge in [-0.05, 0) is 29.8 Å². The maximum absolute atomic E-state index is 10.0. The van der Waals surface area contributed by atoms with Crippen molar-refractivity contribution in [3.63, 3.8) is 0 Å². The smallest absolute Gasteiger partial charge is 0.108 e. The fourth-order valence-corrected chi connectivity index (χ4v) is 0.839. The average Bonchev–Trinajstić information content (AvgIpc) is 2.05. The molecule has 0 heterocycles. The van der Waals surface area contributed by atoms with Gasteiger partial charge in [0.1, 0.15) is 5.69 Å². The zero-order valence-corrected chi connectivity index (χ0v) is 6.32. The van der Waals surface area contributed by atoms with Gasteiger partial charge < -0.3 is 5.73 Å². The van der Waals surface area contributed by atoms with Gasteiger partial charge in [-0.15, -0.1) is 4.91 Å². The Labute approximate surface area is 65.2 Å². The second-order valence-electron chi connectivity index (χ2n) is 2.47. The van der Waals surface area contributed by atoms with Gasteiger partial charge in [0.2, 0.25) is 0 Å². The number of nitrogens with zero attached hydrogens (tertiary/aromatic N) is 1. The predicted octanol–water partition coefficient (Wildman–Crippen LogP) is 2.10. The van der Waals surface area contributed by atoms with E-state index >= 15 is 0 Å². The van der Waals surface area contributed by atoms with Crippen molar-refractivity contribution in [3.05, 3.63) is 34.7 Å². The molecule has 0 aromatic heterocycles. The third-order valence-corrected chi connectivity index (χ3v) is 1.52. The van der Waals surface area contributed by atoms with Crippen molar-refractivity contribution < 1.29 is 0 Å². The largest absolute Gasteiger partial charge is 0.324 e. The normalized spacial score (nSPS) is 12.5. The highest BCUT2D eigenvalue weighted by Gasteiger charge is 1.97. The number of nitrogens with two attached hydrogens (primary N) is 1. The molecular weight excluding hydrogens is 140 g/mol. The third-order valence-electron chi connectivity index (χ3n) is 1.52. The predicted molar refractivity (Wildman–Crippen MR) is 44.5 cm³/mol. The Morgan fingerprint density at radius 2 is 1.91 bits per heavy atom.